The Morgan fingerprint density at radius 3 is 2.71 bits per heavy atom. The van der Waals surface area contributed by atoms with Gasteiger partial charge in [-0.15, -0.1) is 0 Å². The SMILES string of the molecule is O=C(CCN1C(=S)N[C@@H](c2ccccn2)[C@@H]1c1cccn1Cc1ccco1)Nc1cccc2ccccc12. The fourth-order valence-electron chi connectivity index (χ4n) is 5.15. The van der Waals surface area contributed by atoms with Crippen LogP contribution in [0.5, 0.6) is 0 Å². The summed E-state index contributed by atoms with van der Waals surface area (Å²) in [5, 5.41) is 9.28. The third-order valence-corrected chi connectivity index (χ3v) is 7.27. The molecule has 190 valence electrons. The van der Waals surface area contributed by atoms with Gasteiger partial charge in [-0.1, -0.05) is 42.5 Å². The van der Waals surface area contributed by atoms with E-state index in [1.807, 2.05) is 85.1 Å². The van der Waals surface area contributed by atoms with Crippen LogP contribution in [0.2, 0.25) is 0 Å². The molecule has 6 rings (SSSR count). The second kappa shape index (κ2) is 10.5. The zero-order valence-electron chi connectivity index (χ0n) is 20.7. The molecule has 0 bridgehead atoms. The van der Waals surface area contributed by atoms with Crippen molar-refractivity contribution < 1.29 is 9.21 Å². The van der Waals surface area contributed by atoms with Crippen molar-refractivity contribution in [3.8, 4) is 0 Å². The lowest BCUT2D eigenvalue weighted by atomic mass is 10.0. The summed E-state index contributed by atoms with van der Waals surface area (Å²) in [4.78, 5) is 19.8. The lowest BCUT2D eigenvalue weighted by molar-refractivity contribution is -0.116. The van der Waals surface area contributed by atoms with Crippen LogP contribution in [0.1, 0.15) is 35.7 Å². The number of fused-ring (bicyclic) bond motifs is 1. The van der Waals surface area contributed by atoms with E-state index >= 15 is 0 Å². The number of aromatic nitrogens is 2. The number of anilines is 1. The van der Waals surface area contributed by atoms with Gasteiger partial charge in [-0.2, -0.15) is 0 Å². The van der Waals surface area contributed by atoms with Crippen molar-refractivity contribution in [3.05, 3.63) is 121 Å². The summed E-state index contributed by atoms with van der Waals surface area (Å²) in [6.07, 6.45) is 5.80. The Bertz CT molecular complexity index is 1560. The summed E-state index contributed by atoms with van der Waals surface area (Å²) in [6, 6.07) is 27.5. The van der Waals surface area contributed by atoms with Crippen LogP contribution in [-0.2, 0) is 11.3 Å². The molecule has 4 heterocycles. The van der Waals surface area contributed by atoms with Crippen molar-refractivity contribution in [2.45, 2.75) is 25.0 Å². The van der Waals surface area contributed by atoms with Crippen molar-refractivity contribution in [1.29, 1.82) is 0 Å². The summed E-state index contributed by atoms with van der Waals surface area (Å²) >= 11 is 5.80. The Labute approximate surface area is 226 Å². The smallest absolute Gasteiger partial charge is 0.226 e. The third kappa shape index (κ3) is 4.78. The lowest BCUT2D eigenvalue weighted by Crippen LogP contribution is -2.33. The van der Waals surface area contributed by atoms with Gasteiger partial charge in [0.05, 0.1) is 30.6 Å². The van der Waals surface area contributed by atoms with Crippen LogP contribution >= 0.6 is 12.2 Å². The number of hydrogen-bond donors (Lipinski definition) is 2. The number of nitrogens with zero attached hydrogens (tertiary/aromatic N) is 3. The van der Waals surface area contributed by atoms with Gasteiger partial charge in [0.25, 0.3) is 0 Å². The van der Waals surface area contributed by atoms with Crippen molar-refractivity contribution in [3.63, 3.8) is 0 Å². The Morgan fingerprint density at radius 2 is 1.87 bits per heavy atom. The van der Waals surface area contributed by atoms with Crippen LogP contribution in [0, 0.1) is 0 Å². The molecule has 2 aromatic carbocycles. The van der Waals surface area contributed by atoms with E-state index in [-0.39, 0.29) is 24.4 Å². The summed E-state index contributed by atoms with van der Waals surface area (Å²) in [5.74, 6) is 0.807. The Hall–Kier alpha value is -4.43. The van der Waals surface area contributed by atoms with Crippen molar-refractivity contribution >= 4 is 39.7 Å². The van der Waals surface area contributed by atoms with E-state index in [0.29, 0.717) is 18.2 Å². The molecule has 3 aromatic heterocycles. The fourth-order valence-corrected chi connectivity index (χ4v) is 5.48. The van der Waals surface area contributed by atoms with Crippen molar-refractivity contribution in [2.75, 3.05) is 11.9 Å². The Balaban J connectivity index is 1.25. The molecule has 1 aliphatic rings. The highest BCUT2D eigenvalue weighted by molar-refractivity contribution is 7.80. The second-order valence-electron chi connectivity index (χ2n) is 9.29. The largest absolute Gasteiger partial charge is 0.467 e. The molecule has 1 fully saturated rings. The number of thiocarbonyl (C=S) groups is 1. The molecule has 38 heavy (non-hydrogen) atoms. The predicted molar refractivity (Wildman–Crippen MR) is 152 cm³/mol. The second-order valence-corrected chi connectivity index (χ2v) is 9.67. The van der Waals surface area contributed by atoms with Gasteiger partial charge in [0.1, 0.15) is 5.76 Å². The molecule has 0 radical (unpaired) electrons. The molecule has 1 saturated heterocycles. The third-order valence-electron chi connectivity index (χ3n) is 6.92. The minimum atomic E-state index is -0.157. The minimum Gasteiger partial charge on any atom is -0.467 e. The number of hydrogen-bond acceptors (Lipinski definition) is 4. The van der Waals surface area contributed by atoms with Gasteiger partial charge in [0.2, 0.25) is 5.91 Å². The van der Waals surface area contributed by atoms with Gasteiger partial charge in [-0.3, -0.25) is 9.78 Å². The first-order valence-electron chi connectivity index (χ1n) is 12.6. The van der Waals surface area contributed by atoms with Gasteiger partial charge >= 0.3 is 0 Å². The topological polar surface area (TPSA) is 75.3 Å². The van der Waals surface area contributed by atoms with Gasteiger partial charge in [0.15, 0.2) is 5.11 Å². The van der Waals surface area contributed by atoms with E-state index in [0.717, 1.165) is 33.6 Å². The molecule has 0 aliphatic carbocycles. The highest BCUT2D eigenvalue weighted by Gasteiger charge is 2.41. The normalized spacial score (nSPS) is 17.1. The highest BCUT2D eigenvalue weighted by Crippen LogP contribution is 2.39. The quantitative estimate of drug-likeness (QED) is 0.256. The van der Waals surface area contributed by atoms with Crippen LogP contribution < -0.4 is 10.6 Å². The standard InChI is InChI=1S/C30H27N5O2S/c36-27(32-24-13-5-9-21-8-1-2-11-23(21)24)15-18-35-29(28(33-30(35)38)25-12-3-4-16-31-25)26-14-6-17-34(26)20-22-10-7-19-37-22/h1-14,16-17,19,28-29H,15,18,20H2,(H,32,36)(H,33,38)/t28-,29-/m0/s1. The van der Waals surface area contributed by atoms with Crippen molar-refractivity contribution in [2.24, 2.45) is 0 Å². The van der Waals surface area contributed by atoms with Crippen LogP contribution in [-0.4, -0.2) is 32.0 Å². The highest BCUT2D eigenvalue weighted by atomic mass is 32.1. The number of furan rings is 1. The van der Waals surface area contributed by atoms with E-state index in [4.69, 9.17) is 16.6 Å². The average molecular weight is 522 g/mol. The van der Waals surface area contributed by atoms with Crippen LogP contribution in [0.4, 0.5) is 5.69 Å². The van der Waals surface area contributed by atoms with Gasteiger partial charge in [-0.25, -0.2) is 0 Å². The first-order chi connectivity index (χ1) is 18.7. The lowest BCUT2D eigenvalue weighted by Gasteiger charge is -2.28. The molecule has 5 aromatic rings. The monoisotopic (exact) mass is 521 g/mol. The predicted octanol–water partition coefficient (Wildman–Crippen LogP) is 5.68. The van der Waals surface area contributed by atoms with E-state index in [9.17, 15) is 4.79 Å². The summed E-state index contributed by atoms with van der Waals surface area (Å²) in [7, 11) is 0. The van der Waals surface area contributed by atoms with Crippen LogP contribution in [0.25, 0.3) is 10.8 Å². The Morgan fingerprint density at radius 1 is 1.00 bits per heavy atom. The first-order valence-corrected chi connectivity index (χ1v) is 13.0. The molecule has 1 amide bonds. The Kier molecular flexibility index (Phi) is 6.62. The van der Waals surface area contributed by atoms with Crippen LogP contribution in [0.15, 0.2) is 108 Å². The van der Waals surface area contributed by atoms with E-state index in [1.54, 1.807) is 12.5 Å². The van der Waals surface area contributed by atoms with E-state index < -0.39 is 0 Å². The molecule has 0 saturated carbocycles. The molecule has 0 unspecified atom stereocenters. The number of amides is 1. The zero-order valence-corrected chi connectivity index (χ0v) is 21.5. The fraction of sp³-hybridized carbons (Fsp3) is 0.167. The number of carbonyl (C=O) groups excluding carboxylic acids is 1. The number of pyridine rings is 1. The maximum Gasteiger partial charge on any atom is 0.226 e. The summed E-state index contributed by atoms with van der Waals surface area (Å²) in [5.41, 5.74) is 2.78. The number of rotatable bonds is 8. The molecule has 7 nitrogen and oxygen atoms in total. The maximum atomic E-state index is 13.1. The first kappa shape index (κ1) is 23.9. The minimum absolute atomic E-state index is 0.0600. The molecule has 2 atom stereocenters. The van der Waals surface area contributed by atoms with Gasteiger partial charge in [0, 0.05) is 42.1 Å². The number of nitrogens with one attached hydrogen (secondary N) is 2. The molecule has 2 N–H and O–H groups in total. The van der Waals surface area contributed by atoms with Gasteiger partial charge < -0.3 is 24.5 Å². The summed E-state index contributed by atoms with van der Waals surface area (Å²) < 4.78 is 7.77. The molecule has 8 heteroatoms. The number of benzene rings is 2. The summed E-state index contributed by atoms with van der Waals surface area (Å²) in [6.45, 7) is 1.06. The average Bonchev–Trinajstić information content (AvgIpc) is 3.69. The van der Waals surface area contributed by atoms with E-state index in [1.165, 1.54) is 0 Å². The van der Waals surface area contributed by atoms with Crippen molar-refractivity contribution in [1.82, 2.24) is 19.8 Å². The molecule has 1 aliphatic heterocycles. The zero-order chi connectivity index (χ0) is 25.9. The maximum absolute atomic E-state index is 13.1. The van der Waals surface area contributed by atoms with E-state index in [2.05, 4.69) is 31.2 Å². The van der Waals surface area contributed by atoms with Crippen LogP contribution in [0.3, 0.4) is 0 Å². The van der Waals surface area contributed by atoms with Gasteiger partial charge in [-0.05, 0) is 60.1 Å². The number of carbonyl (C=O) groups is 1. The molecular formula is C30H27N5O2S. The molecular weight excluding hydrogens is 494 g/mol. The molecule has 0 spiro atoms.